The zero-order valence-electron chi connectivity index (χ0n) is 20.9. The van der Waals surface area contributed by atoms with Gasteiger partial charge in [-0.05, 0) is 47.6 Å². The lowest BCUT2D eigenvalue weighted by molar-refractivity contribution is -0.134. The van der Waals surface area contributed by atoms with E-state index in [-0.39, 0.29) is 29.2 Å². The van der Waals surface area contributed by atoms with Gasteiger partial charge in [0.25, 0.3) is 10.0 Å². The third-order valence-corrected chi connectivity index (χ3v) is 7.99. The van der Waals surface area contributed by atoms with Crippen LogP contribution in [0, 0.1) is 5.92 Å². The molecule has 10 heteroatoms. The Morgan fingerprint density at radius 3 is 2.75 bits per heavy atom. The van der Waals surface area contributed by atoms with Gasteiger partial charge >= 0.3 is 0 Å². The van der Waals surface area contributed by atoms with Crippen molar-refractivity contribution in [3.8, 4) is 17.2 Å². The molecule has 2 aromatic rings. The molecule has 194 valence electrons. The predicted octanol–water partition coefficient (Wildman–Crippen LogP) is 2.93. The van der Waals surface area contributed by atoms with Crippen molar-refractivity contribution in [2.24, 2.45) is 16.0 Å². The number of phenolic OH excluding ortho intramolecular Hbond substituents is 1. The minimum atomic E-state index is -3.61. The standard InChI is InChI=1S/C26H33N3O6S/c1-26(2,19-9-10-21(34-3)20(30)12-19)13-23(31)29-11-5-6-17(14-29)15-35-22-8-4-7-18-16-36(32,33)28-25(27)24(18)22/h4,7-10,12,17,30H,5-6,11,13-16H2,1-3H3,(H2,27,28)/t17-/m0/s1. The summed E-state index contributed by atoms with van der Waals surface area (Å²) >= 11 is 0. The molecule has 1 saturated heterocycles. The summed E-state index contributed by atoms with van der Waals surface area (Å²) in [6.45, 7) is 5.63. The molecule has 0 unspecified atom stereocenters. The van der Waals surface area contributed by atoms with Crippen molar-refractivity contribution in [1.29, 1.82) is 0 Å². The molecule has 0 aromatic heterocycles. The normalized spacial score (nSPS) is 19.2. The number of amides is 1. The maximum absolute atomic E-state index is 13.2. The number of carbonyl (C=O) groups is 1. The highest BCUT2D eigenvalue weighted by Crippen LogP contribution is 2.35. The number of benzene rings is 2. The molecule has 2 aromatic carbocycles. The Balaban J connectivity index is 1.39. The first-order valence-electron chi connectivity index (χ1n) is 12.0. The quantitative estimate of drug-likeness (QED) is 0.579. The third-order valence-electron chi connectivity index (χ3n) is 6.84. The summed E-state index contributed by atoms with van der Waals surface area (Å²) in [4.78, 5) is 15.1. The number of nitrogens with zero attached hydrogens (tertiary/aromatic N) is 2. The number of piperidine rings is 1. The molecule has 2 aliphatic heterocycles. The average Bonchev–Trinajstić information content (AvgIpc) is 2.81. The first-order chi connectivity index (χ1) is 17.0. The van der Waals surface area contributed by atoms with Gasteiger partial charge in [-0.1, -0.05) is 32.0 Å². The molecule has 3 N–H and O–H groups in total. The molecule has 1 fully saturated rings. The minimum absolute atomic E-state index is 0.0529. The monoisotopic (exact) mass is 515 g/mol. The highest BCUT2D eigenvalue weighted by Gasteiger charge is 2.31. The second-order valence-electron chi connectivity index (χ2n) is 10.1. The minimum Gasteiger partial charge on any atom is -0.504 e. The summed E-state index contributed by atoms with van der Waals surface area (Å²) in [7, 11) is -2.11. The van der Waals surface area contributed by atoms with Crippen molar-refractivity contribution in [1.82, 2.24) is 4.90 Å². The number of hydrogen-bond donors (Lipinski definition) is 2. The molecule has 4 rings (SSSR count). The van der Waals surface area contributed by atoms with Crippen molar-refractivity contribution in [3.63, 3.8) is 0 Å². The topological polar surface area (TPSA) is 132 Å². The maximum Gasteiger partial charge on any atom is 0.259 e. The van der Waals surface area contributed by atoms with E-state index in [4.69, 9.17) is 15.2 Å². The Labute approximate surface area is 212 Å². The highest BCUT2D eigenvalue weighted by molar-refractivity contribution is 7.89. The fraction of sp³-hybridized carbons (Fsp3) is 0.462. The summed E-state index contributed by atoms with van der Waals surface area (Å²) < 4.78 is 38.7. The molecule has 1 amide bonds. The lowest BCUT2D eigenvalue weighted by Gasteiger charge is -2.35. The van der Waals surface area contributed by atoms with Crippen LogP contribution in [0.25, 0.3) is 0 Å². The molecular weight excluding hydrogens is 482 g/mol. The number of aromatic hydroxyl groups is 1. The molecule has 0 bridgehead atoms. The number of hydrogen-bond acceptors (Lipinski definition) is 7. The van der Waals surface area contributed by atoms with Crippen LogP contribution in [0.1, 0.15) is 49.8 Å². The van der Waals surface area contributed by atoms with Crippen LogP contribution in [0.4, 0.5) is 0 Å². The van der Waals surface area contributed by atoms with Crippen molar-refractivity contribution in [2.45, 2.75) is 44.3 Å². The number of nitrogens with two attached hydrogens (primary N) is 1. The van der Waals surface area contributed by atoms with E-state index in [0.29, 0.717) is 48.7 Å². The lowest BCUT2D eigenvalue weighted by atomic mass is 9.80. The van der Waals surface area contributed by atoms with Gasteiger partial charge < -0.3 is 25.2 Å². The molecule has 2 aliphatic rings. The second kappa shape index (κ2) is 10.0. The number of rotatable bonds is 7. The van der Waals surface area contributed by atoms with Crippen molar-refractivity contribution in [3.05, 3.63) is 53.1 Å². The van der Waals surface area contributed by atoms with Gasteiger partial charge in [0.1, 0.15) is 11.6 Å². The van der Waals surface area contributed by atoms with Gasteiger partial charge in [-0.3, -0.25) is 4.79 Å². The van der Waals surface area contributed by atoms with E-state index in [0.717, 1.165) is 18.4 Å². The molecule has 0 radical (unpaired) electrons. The number of fused-ring (bicyclic) bond motifs is 1. The van der Waals surface area contributed by atoms with Gasteiger partial charge in [0.2, 0.25) is 5.91 Å². The molecule has 0 spiro atoms. The van der Waals surface area contributed by atoms with Crippen LogP contribution in [0.5, 0.6) is 17.2 Å². The summed E-state index contributed by atoms with van der Waals surface area (Å²) in [5.74, 6) is 0.891. The Kier molecular flexibility index (Phi) is 7.17. The highest BCUT2D eigenvalue weighted by atomic mass is 32.2. The fourth-order valence-electron chi connectivity index (χ4n) is 4.87. The number of phenols is 1. The summed E-state index contributed by atoms with van der Waals surface area (Å²) in [5, 5.41) is 10.2. The van der Waals surface area contributed by atoms with Crippen molar-refractivity contribution < 1.29 is 27.8 Å². The molecule has 0 aliphatic carbocycles. The molecule has 1 atom stereocenters. The number of methoxy groups -OCH3 is 1. The maximum atomic E-state index is 13.2. The largest absolute Gasteiger partial charge is 0.504 e. The van der Waals surface area contributed by atoms with Crippen LogP contribution in [0.15, 0.2) is 40.8 Å². The second-order valence-corrected chi connectivity index (χ2v) is 11.7. The molecule has 0 saturated carbocycles. The van der Waals surface area contributed by atoms with Crippen LogP contribution >= 0.6 is 0 Å². The fourth-order valence-corrected chi connectivity index (χ4v) is 5.96. The van der Waals surface area contributed by atoms with Gasteiger partial charge in [0, 0.05) is 25.4 Å². The SMILES string of the molecule is COc1ccc(C(C)(C)CC(=O)N2CCC[C@H](COc3cccc4c3C(N)=NS(=O)(=O)C4)C2)cc1O. The molecule has 9 nitrogen and oxygen atoms in total. The van der Waals surface area contributed by atoms with Gasteiger partial charge in [-0.2, -0.15) is 0 Å². The number of sulfonamides is 1. The average molecular weight is 516 g/mol. The van der Waals surface area contributed by atoms with Crippen molar-refractivity contribution in [2.75, 3.05) is 26.8 Å². The van der Waals surface area contributed by atoms with E-state index < -0.39 is 15.4 Å². The van der Waals surface area contributed by atoms with E-state index in [1.54, 1.807) is 30.3 Å². The third kappa shape index (κ3) is 5.59. The Morgan fingerprint density at radius 2 is 2.03 bits per heavy atom. The van der Waals surface area contributed by atoms with Crippen molar-refractivity contribution >= 4 is 21.8 Å². The number of amidine groups is 1. The van der Waals surface area contributed by atoms with E-state index in [9.17, 15) is 18.3 Å². The summed E-state index contributed by atoms with van der Waals surface area (Å²) in [6, 6.07) is 10.5. The van der Waals surface area contributed by atoms with Crippen LogP contribution in [0.3, 0.4) is 0 Å². The Morgan fingerprint density at radius 1 is 1.25 bits per heavy atom. The smallest absolute Gasteiger partial charge is 0.259 e. The number of likely N-dealkylation sites (tertiary alicyclic amines) is 1. The van der Waals surface area contributed by atoms with Crippen LogP contribution in [-0.2, 0) is 26.0 Å². The van der Waals surface area contributed by atoms with E-state index in [2.05, 4.69) is 4.40 Å². The zero-order valence-corrected chi connectivity index (χ0v) is 21.7. The lowest BCUT2D eigenvalue weighted by Crippen LogP contribution is -2.43. The summed E-state index contributed by atoms with van der Waals surface area (Å²) in [5.41, 5.74) is 7.44. The van der Waals surface area contributed by atoms with Gasteiger partial charge in [0.15, 0.2) is 11.5 Å². The molecule has 36 heavy (non-hydrogen) atoms. The Hall–Kier alpha value is -3.27. The van der Waals surface area contributed by atoms with Crippen LogP contribution < -0.4 is 15.2 Å². The van der Waals surface area contributed by atoms with Crippen LogP contribution in [-0.4, -0.2) is 57.0 Å². The van der Waals surface area contributed by atoms with Gasteiger partial charge in [0.05, 0.1) is 25.0 Å². The first kappa shape index (κ1) is 25.8. The van der Waals surface area contributed by atoms with Gasteiger partial charge in [-0.15, -0.1) is 4.40 Å². The first-order valence-corrected chi connectivity index (χ1v) is 13.6. The van der Waals surface area contributed by atoms with E-state index >= 15 is 0 Å². The summed E-state index contributed by atoms with van der Waals surface area (Å²) in [6.07, 6.45) is 2.10. The Bertz CT molecular complexity index is 1290. The predicted molar refractivity (Wildman–Crippen MR) is 137 cm³/mol. The van der Waals surface area contributed by atoms with Crippen LogP contribution in [0.2, 0.25) is 0 Å². The molecular formula is C26H33N3O6S. The molecule has 2 heterocycles. The number of carbonyl (C=O) groups excluding carboxylic acids is 1. The number of ether oxygens (including phenoxy) is 2. The van der Waals surface area contributed by atoms with E-state index in [1.807, 2.05) is 24.8 Å². The zero-order chi connectivity index (χ0) is 26.1. The van der Waals surface area contributed by atoms with Gasteiger partial charge in [-0.25, -0.2) is 8.42 Å². The van der Waals surface area contributed by atoms with E-state index in [1.165, 1.54) is 7.11 Å².